The third-order valence-electron chi connectivity index (χ3n) is 5.40. The van der Waals surface area contributed by atoms with Gasteiger partial charge in [0.1, 0.15) is 5.75 Å². The van der Waals surface area contributed by atoms with Crippen LogP contribution in [0.4, 0.5) is 0 Å². The Morgan fingerprint density at radius 1 is 1.12 bits per heavy atom. The van der Waals surface area contributed by atoms with E-state index in [2.05, 4.69) is 77.1 Å². The Hall–Kier alpha value is -2.33. The van der Waals surface area contributed by atoms with Crippen molar-refractivity contribution in [2.45, 2.75) is 25.3 Å². The first kappa shape index (κ1) is 17.1. The first-order valence-corrected chi connectivity index (χ1v) is 9.57. The Balaban J connectivity index is 1.28. The zero-order chi connectivity index (χ0) is 17.8. The van der Waals surface area contributed by atoms with E-state index in [9.17, 15) is 0 Å². The standard InChI is InChI=1S/C22H27N3O/c1-25-14-13-21-20(16-25)22(24-23-21)18-9-11-19(12-10-18)26-15-5-8-17-6-3-2-4-7-17/h2-4,6-7,9-12,20,22,24H,5,8,13-16H2,1H3. The molecule has 4 rings (SSSR count). The van der Waals surface area contributed by atoms with Gasteiger partial charge in [-0.05, 0) is 43.1 Å². The number of hydrogen-bond donors (Lipinski definition) is 1. The van der Waals surface area contributed by atoms with Crippen LogP contribution >= 0.6 is 0 Å². The Morgan fingerprint density at radius 2 is 1.92 bits per heavy atom. The number of piperidine rings is 1. The fourth-order valence-electron chi connectivity index (χ4n) is 3.89. The summed E-state index contributed by atoms with van der Waals surface area (Å²) in [6.45, 7) is 2.93. The van der Waals surface area contributed by atoms with Crippen molar-refractivity contribution in [1.29, 1.82) is 0 Å². The van der Waals surface area contributed by atoms with Crippen LogP contribution in [0, 0.1) is 5.92 Å². The summed E-state index contributed by atoms with van der Waals surface area (Å²) < 4.78 is 5.91. The van der Waals surface area contributed by atoms with Gasteiger partial charge in [-0.2, -0.15) is 5.10 Å². The van der Waals surface area contributed by atoms with E-state index in [1.54, 1.807) is 0 Å². The summed E-state index contributed by atoms with van der Waals surface area (Å²) in [5.41, 5.74) is 7.33. The normalized spacial score (nSPS) is 22.4. The third-order valence-corrected chi connectivity index (χ3v) is 5.40. The highest BCUT2D eigenvalue weighted by molar-refractivity contribution is 5.89. The van der Waals surface area contributed by atoms with Crippen LogP contribution < -0.4 is 10.2 Å². The van der Waals surface area contributed by atoms with Gasteiger partial charge in [0.25, 0.3) is 0 Å². The predicted octanol–water partition coefficient (Wildman–Crippen LogP) is 3.65. The summed E-state index contributed by atoms with van der Waals surface area (Å²) >= 11 is 0. The molecule has 2 aromatic rings. The van der Waals surface area contributed by atoms with Crippen LogP contribution in [0.25, 0.3) is 0 Å². The number of ether oxygens (including phenoxy) is 1. The first-order chi connectivity index (χ1) is 12.8. The van der Waals surface area contributed by atoms with Gasteiger partial charge in [-0.15, -0.1) is 0 Å². The quantitative estimate of drug-likeness (QED) is 0.809. The zero-order valence-electron chi connectivity index (χ0n) is 15.4. The minimum absolute atomic E-state index is 0.292. The maximum atomic E-state index is 5.91. The zero-order valence-corrected chi connectivity index (χ0v) is 15.4. The van der Waals surface area contributed by atoms with Crippen molar-refractivity contribution in [3.05, 3.63) is 65.7 Å². The average Bonchev–Trinajstić information content (AvgIpc) is 3.09. The van der Waals surface area contributed by atoms with E-state index in [0.717, 1.165) is 44.7 Å². The van der Waals surface area contributed by atoms with Gasteiger partial charge in [0, 0.05) is 31.1 Å². The summed E-state index contributed by atoms with van der Waals surface area (Å²) in [7, 11) is 2.19. The Labute approximate surface area is 155 Å². The molecule has 1 fully saturated rings. The average molecular weight is 349 g/mol. The van der Waals surface area contributed by atoms with Gasteiger partial charge in [-0.1, -0.05) is 42.5 Å². The van der Waals surface area contributed by atoms with Crippen molar-refractivity contribution in [3.8, 4) is 5.75 Å². The van der Waals surface area contributed by atoms with Crippen molar-refractivity contribution in [2.24, 2.45) is 11.0 Å². The smallest absolute Gasteiger partial charge is 0.119 e. The van der Waals surface area contributed by atoms with E-state index in [-0.39, 0.29) is 0 Å². The highest BCUT2D eigenvalue weighted by Crippen LogP contribution is 2.32. The fourth-order valence-corrected chi connectivity index (χ4v) is 3.89. The van der Waals surface area contributed by atoms with Gasteiger partial charge in [0.2, 0.25) is 0 Å². The summed E-state index contributed by atoms with van der Waals surface area (Å²) in [5, 5.41) is 4.57. The SMILES string of the molecule is CN1CCC2=NNC(c3ccc(OCCCc4ccccc4)cc3)C2C1. The molecule has 0 amide bonds. The summed E-state index contributed by atoms with van der Waals surface area (Å²) in [6.07, 6.45) is 3.16. The van der Waals surface area contributed by atoms with Crippen molar-refractivity contribution < 1.29 is 4.74 Å². The maximum Gasteiger partial charge on any atom is 0.119 e. The largest absolute Gasteiger partial charge is 0.494 e. The van der Waals surface area contributed by atoms with E-state index in [1.165, 1.54) is 16.8 Å². The highest BCUT2D eigenvalue weighted by atomic mass is 16.5. The Bertz CT molecular complexity index is 742. The van der Waals surface area contributed by atoms with E-state index in [1.807, 2.05) is 0 Å². The Kier molecular flexibility index (Phi) is 5.21. The first-order valence-electron chi connectivity index (χ1n) is 9.57. The molecule has 4 heteroatoms. The minimum Gasteiger partial charge on any atom is -0.494 e. The van der Waals surface area contributed by atoms with Crippen molar-refractivity contribution >= 4 is 5.71 Å². The van der Waals surface area contributed by atoms with E-state index in [0.29, 0.717) is 12.0 Å². The van der Waals surface area contributed by atoms with Crippen LogP contribution in [0.5, 0.6) is 5.75 Å². The van der Waals surface area contributed by atoms with Crippen LogP contribution in [-0.2, 0) is 6.42 Å². The molecular formula is C22H27N3O. The number of nitrogens with zero attached hydrogens (tertiary/aromatic N) is 2. The number of hydrogen-bond acceptors (Lipinski definition) is 4. The lowest BCUT2D eigenvalue weighted by Gasteiger charge is -2.30. The molecule has 2 aliphatic heterocycles. The van der Waals surface area contributed by atoms with Crippen LogP contribution in [-0.4, -0.2) is 37.4 Å². The molecule has 0 bridgehead atoms. The molecule has 4 nitrogen and oxygen atoms in total. The number of benzene rings is 2. The maximum absolute atomic E-state index is 5.91. The van der Waals surface area contributed by atoms with Gasteiger partial charge in [-0.25, -0.2) is 0 Å². The molecule has 0 aromatic heterocycles. The molecule has 0 aliphatic carbocycles. The molecule has 1 N–H and O–H groups in total. The predicted molar refractivity (Wildman–Crippen MR) is 106 cm³/mol. The second-order valence-corrected chi connectivity index (χ2v) is 7.34. The van der Waals surface area contributed by atoms with Crippen LogP contribution in [0.3, 0.4) is 0 Å². The lowest BCUT2D eigenvalue weighted by Crippen LogP contribution is -2.39. The van der Waals surface area contributed by atoms with Gasteiger partial charge in [0.05, 0.1) is 12.6 Å². The number of rotatable bonds is 6. The molecule has 2 aromatic carbocycles. The number of fused-ring (bicyclic) bond motifs is 1. The van der Waals surface area contributed by atoms with Crippen molar-refractivity contribution in [1.82, 2.24) is 10.3 Å². The van der Waals surface area contributed by atoms with Gasteiger partial charge < -0.3 is 15.1 Å². The second-order valence-electron chi connectivity index (χ2n) is 7.34. The van der Waals surface area contributed by atoms with Crippen molar-refractivity contribution in [3.63, 3.8) is 0 Å². The molecule has 2 unspecified atom stereocenters. The topological polar surface area (TPSA) is 36.9 Å². The van der Waals surface area contributed by atoms with Gasteiger partial charge in [-0.3, -0.25) is 0 Å². The molecule has 1 saturated heterocycles. The molecule has 0 spiro atoms. The molecule has 136 valence electrons. The summed E-state index contributed by atoms with van der Waals surface area (Å²) in [4.78, 5) is 2.40. The van der Waals surface area contributed by atoms with Crippen LogP contribution in [0.15, 0.2) is 59.7 Å². The third kappa shape index (κ3) is 3.91. The highest BCUT2D eigenvalue weighted by Gasteiger charge is 2.35. The van der Waals surface area contributed by atoms with E-state index < -0.39 is 0 Å². The molecule has 0 radical (unpaired) electrons. The number of nitrogens with one attached hydrogen (secondary N) is 1. The lowest BCUT2D eigenvalue weighted by atomic mass is 9.86. The van der Waals surface area contributed by atoms with Gasteiger partial charge in [0.15, 0.2) is 0 Å². The lowest BCUT2D eigenvalue weighted by molar-refractivity contribution is 0.272. The molecule has 26 heavy (non-hydrogen) atoms. The summed E-state index contributed by atoms with van der Waals surface area (Å²) in [5.74, 6) is 1.44. The van der Waals surface area contributed by atoms with Crippen LogP contribution in [0.2, 0.25) is 0 Å². The van der Waals surface area contributed by atoms with Crippen molar-refractivity contribution in [2.75, 3.05) is 26.7 Å². The Morgan fingerprint density at radius 3 is 2.73 bits per heavy atom. The number of aryl methyl sites for hydroxylation is 1. The van der Waals surface area contributed by atoms with E-state index in [4.69, 9.17) is 4.74 Å². The second kappa shape index (κ2) is 7.92. The summed E-state index contributed by atoms with van der Waals surface area (Å²) in [6, 6.07) is 19.4. The molecule has 2 heterocycles. The molecule has 0 saturated carbocycles. The number of hydrazone groups is 1. The minimum atomic E-state index is 0.292. The molecular weight excluding hydrogens is 322 g/mol. The van der Waals surface area contributed by atoms with Gasteiger partial charge >= 0.3 is 0 Å². The molecule has 2 aliphatic rings. The van der Waals surface area contributed by atoms with E-state index >= 15 is 0 Å². The monoisotopic (exact) mass is 349 g/mol. The molecule has 2 atom stereocenters. The fraction of sp³-hybridized carbons (Fsp3) is 0.409. The number of likely N-dealkylation sites (tertiary alicyclic amines) is 1. The van der Waals surface area contributed by atoms with Crippen LogP contribution in [0.1, 0.15) is 30.0 Å².